The SMILES string of the molecule is CC(=O)c1cc2c(cc1NS(=O)(=O)c1ccc(Cl)c(Cl)c1)OCO2. The van der Waals surface area contributed by atoms with Crippen LogP contribution in [0.15, 0.2) is 35.2 Å². The highest BCUT2D eigenvalue weighted by molar-refractivity contribution is 7.92. The fourth-order valence-electron chi connectivity index (χ4n) is 2.17. The maximum absolute atomic E-state index is 12.5. The van der Waals surface area contributed by atoms with Crippen molar-refractivity contribution in [1.82, 2.24) is 0 Å². The largest absolute Gasteiger partial charge is 0.454 e. The summed E-state index contributed by atoms with van der Waals surface area (Å²) >= 11 is 11.7. The normalized spacial score (nSPS) is 13.0. The zero-order valence-corrected chi connectivity index (χ0v) is 14.6. The van der Waals surface area contributed by atoms with E-state index < -0.39 is 10.0 Å². The summed E-state index contributed by atoms with van der Waals surface area (Å²) in [5, 5.41) is 0.347. The van der Waals surface area contributed by atoms with Crippen molar-refractivity contribution < 1.29 is 22.7 Å². The van der Waals surface area contributed by atoms with E-state index in [9.17, 15) is 13.2 Å². The molecule has 126 valence electrons. The van der Waals surface area contributed by atoms with Crippen molar-refractivity contribution in [3.63, 3.8) is 0 Å². The highest BCUT2D eigenvalue weighted by atomic mass is 35.5. The Morgan fingerprint density at radius 1 is 1.08 bits per heavy atom. The van der Waals surface area contributed by atoms with Crippen LogP contribution in [0.1, 0.15) is 17.3 Å². The van der Waals surface area contributed by atoms with Gasteiger partial charge in [-0.3, -0.25) is 9.52 Å². The van der Waals surface area contributed by atoms with Crippen LogP contribution in [-0.4, -0.2) is 21.0 Å². The number of hydrogen-bond acceptors (Lipinski definition) is 5. The molecule has 1 N–H and O–H groups in total. The fraction of sp³-hybridized carbons (Fsp3) is 0.133. The zero-order valence-electron chi connectivity index (χ0n) is 12.3. The van der Waals surface area contributed by atoms with E-state index in [1.165, 1.54) is 37.3 Å². The van der Waals surface area contributed by atoms with Crippen LogP contribution in [0.25, 0.3) is 0 Å². The number of fused-ring (bicyclic) bond motifs is 1. The Labute approximate surface area is 148 Å². The number of hydrogen-bond donors (Lipinski definition) is 1. The van der Waals surface area contributed by atoms with Gasteiger partial charge in [-0.25, -0.2) is 8.42 Å². The summed E-state index contributed by atoms with van der Waals surface area (Å²) in [5.74, 6) is 0.421. The number of carbonyl (C=O) groups is 1. The number of rotatable bonds is 4. The number of Topliss-reactive ketones (excluding diaryl/α,β-unsaturated/α-hetero) is 1. The average Bonchev–Trinajstić information content (AvgIpc) is 2.95. The monoisotopic (exact) mass is 387 g/mol. The summed E-state index contributed by atoms with van der Waals surface area (Å²) in [6, 6.07) is 6.78. The van der Waals surface area contributed by atoms with Gasteiger partial charge in [0.1, 0.15) is 0 Å². The minimum absolute atomic E-state index is 0.00960. The minimum atomic E-state index is -3.97. The van der Waals surface area contributed by atoms with Crippen molar-refractivity contribution in [2.45, 2.75) is 11.8 Å². The Bertz CT molecular complexity index is 943. The third-order valence-electron chi connectivity index (χ3n) is 3.34. The van der Waals surface area contributed by atoms with Crippen LogP contribution in [0.2, 0.25) is 10.0 Å². The van der Waals surface area contributed by atoms with Gasteiger partial charge in [-0.05, 0) is 31.2 Å². The molecule has 0 saturated carbocycles. The maximum atomic E-state index is 12.5. The van der Waals surface area contributed by atoms with Crippen LogP contribution in [0.3, 0.4) is 0 Å². The molecule has 0 amide bonds. The van der Waals surface area contributed by atoms with Gasteiger partial charge in [0.05, 0.1) is 20.6 Å². The van der Waals surface area contributed by atoms with Gasteiger partial charge >= 0.3 is 0 Å². The van der Waals surface area contributed by atoms with E-state index in [1.807, 2.05) is 0 Å². The molecule has 24 heavy (non-hydrogen) atoms. The quantitative estimate of drug-likeness (QED) is 0.808. The number of halogens is 2. The van der Waals surface area contributed by atoms with Gasteiger partial charge in [0.2, 0.25) is 6.79 Å². The molecule has 2 aromatic rings. The average molecular weight is 388 g/mol. The molecule has 9 heteroatoms. The second kappa shape index (κ2) is 6.16. The topological polar surface area (TPSA) is 81.7 Å². The highest BCUT2D eigenvalue weighted by Gasteiger charge is 2.23. The number of ketones is 1. The molecule has 3 rings (SSSR count). The third kappa shape index (κ3) is 3.15. The van der Waals surface area contributed by atoms with Crippen molar-refractivity contribution in [1.29, 1.82) is 0 Å². The van der Waals surface area contributed by atoms with Crippen molar-refractivity contribution in [3.8, 4) is 11.5 Å². The molecule has 1 aliphatic rings. The number of nitrogens with one attached hydrogen (secondary N) is 1. The summed E-state index contributed by atoms with van der Waals surface area (Å²) in [7, 11) is -3.97. The molecule has 0 atom stereocenters. The van der Waals surface area contributed by atoms with E-state index in [-0.39, 0.29) is 38.8 Å². The molecule has 6 nitrogen and oxygen atoms in total. The van der Waals surface area contributed by atoms with Crippen LogP contribution in [0, 0.1) is 0 Å². The first kappa shape index (κ1) is 16.9. The number of benzene rings is 2. The van der Waals surface area contributed by atoms with E-state index >= 15 is 0 Å². The van der Waals surface area contributed by atoms with E-state index in [0.717, 1.165) is 0 Å². The fourth-order valence-corrected chi connectivity index (χ4v) is 3.62. The second-order valence-corrected chi connectivity index (χ2v) is 7.49. The summed E-state index contributed by atoms with van der Waals surface area (Å²) in [4.78, 5) is 11.7. The van der Waals surface area contributed by atoms with Crippen LogP contribution in [0.4, 0.5) is 5.69 Å². The maximum Gasteiger partial charge on any atom is 0.261 e. The van der Waals surface area contributed by atoms with E-state index in [2.05, 4.69) is 4.72 Å². The van der Waals surface area contributed by atoms with Gasteiger partial charge in [-0.1, -0.05) is 23.2 Å². The predicted molar refractivity (Wildman–Crippen MR) is 89.8 cm³/mol. The van der Waals surface area contributed by atoms with Crippen molar-refractivity contribution >= 4 is 44.7 Å². The summed E-state index contributed by atoms with van der Waals surface area (Å²) in [6.45, 7) is 1.34. The van der Waals surface area contributed by atoms with Gasteiger partial charge in [0.25, 0.3) is 10.0 Å². The number of ether oxygens (including phenoxy) is 2. The second-order valence-electron chi connectivity index (χ2n) is 4.99. The molecule has 0 radical (unpaired) electrons. The van der Waals surface area contributed by atoms with Gasteiger partial charge < -0.3 is 9.47 Å². The van der Waals surface area contributed by atoms with Crippen molar-refractivity contribution in [2.75, 3.05) is 11.5 Å². The minimum Gasteiger partial charge on any atom is -0.454 e. The molecule has 0 aromatic heterocycles. The molecular formula is C15H11Cl2NO5S. The first-order chi connectivity index (χ1) is 11.3. The molecule has 1 aliphatic heterocycles. The number of carbonyl (C=O) groups excluding carboxylic acids is 1. The Morgan fingerprint density at radius 2 is 1.75 bits per heavy atom. The molecule has 0 unspecified atom stereocenters. The molecule has 0 saturated heterocycles. The van der Waals surface area contributed by atoms with Crippen molar-refractivity contribution in [2.24, 2.45) is 0 Å². The van der Waals surface area contributed by atoms with E-state index in [1.54, 1.807) is 0 Å². The molecular weight excluding hydrogens is 377 g/mol. The first-order valence-electron chi connectivity index (χ1n) is 6.70. The van der Waals surface area contributed by atoms with Gasteiger partial charge in [0.15, 0.2) is 17.3 Å². The first-order valence-corrected chi connectivity index (χ1v) is 8.94. The smallest absolute Gasteiger partial charge is 0.261 e. The lowest BCUT2D eigenvalue weighted by atomic mass is 10.1. The highest BCUT2D eigenvalue weighted by Crippen LogP contribution is 2.38. The summed E-state index contributed by atoms with van der Waals surface area (Å²) < 4.78 is 37.9. The van der Waals surface area contributed by atoms with Gasteiger partial charge in [0, 0.05) is 11.6 Å². The summed E-state index contributed by atoms with van der Waals surface area (Å²) in [5.41, 5.74) is 0.265. The van der Waals surface area contributed by atoms with Crippen molar-refractivity contribution in [3.05, 3.63) is 45.9 Å². The van der Waals surface area contributed by atoms with Gasteiger partial charge in [-0.15, -0.1) is 0 Å². The number of anilines is 1. The Hall–Kier alpha value is -1.96. The third-order valence-corrected chi connectivity index (χ3v) is 5.44. The molecule has 1 heterocycles. The summed E-state index contributed by atoms with van der Waals surface area (Å²) in [6.07, 6.45) is 0. The zero-order chi connectivity index (χ0) is 17.5. The van der Waals surface area contributed by atoms with Crippen LogP contribution < -0.4 is 14.2 Å². The lowest BCUT2D eigenvalue weighted by Crippen LogP contribution is -2.15. The Balaban J connectivity index is 2.03. The van der Waals surface area contributed by atoms with Gasteiger partial charge in [-0.2, -0.15) is 0 Å². The molecule has 0 bridgehead atoms. The van der Waals surface area contributed by atoms with E-state index in [0.29, 0.717) is 11.5 Å². The lowest BCUT2D eigenvalue weighted by molar-refractivity contribution is 0.101. The molecule has 0 spiro atoms. The van der Waals surface area contributed by atoms with Crippen LogP contribution in [0.5, 0.6) is 11.5 Å². The number of sulfonamides is 1. The standard InChI is InChI=1S/C15H11Cl2NO5S/c1-8(19)10-5-14-15(23-7-22-14)6-13(10)18-24(20,21)9-2-3-11(16)12(17)4-9/h2-6,18H,7H2,1H3. The predicted octanol–water partition coefficient (Wildman–Crippen LogP) is 3.73. The molecule has 0 fully saturated rings. The van der Waals surface area contributed by atoms with Crippen LogP contribution in [-0.2, 0) is 10.0 Å². The van der Waals surface area contributed by atoms with Crippen LogP contribution >= 0.6 is 23.2 Å². The lowest BCUT2D eigenvalue weighted by Gasteiger charge is -2.12. The molecule has 2 aromatic carbocycles. The Morgan fingerprint density at radius 3 is 2.38 bits per heavy atom. The van der Waals surface area contributed by atoms with E-state index in [4.69, 9.17) is 32.7 Å². The Kier molecular flexibility index (Phi) is 4.33. The molecule has 0 aliphatic carbocycles.